The van der Waals surface area contributed by atoms with Gasteiger partial charge in [-0.2, -0.15) is 5.10 Å². The quantitative estimate of drug-likeness (QED) is 0.383. The van der Waals surface area contributed by atoms with Crippen LogP contribution in [-0.4, -0.2) is 81.1 Å². The molecule has 0 radical (unpaired) electrons. The number of urea groups is 1. The molecule has 0 unspecified atom stereocenters. The van der Waals surface area contributed by atoms with E-state index in [2.05, 4.69) is 20.8 Å². The Morgan fingerprint density at radius 1 is 1.08 bits per heavy atom. The maximum Gasteiger partial charge on any atom is 0.328 e. The van der Waals surface area contributed by atoms with E-state index in [1.54, 1.807) is 35.1 Å². The van der Waals surface area contributed by atoms with E-state index in [1.807, 2.05) is 19.1 Å². The number of aliphatic carboxylic acids is 1. The number of aromatic nitrogens is 2. The van der Waals surface area contributed by atoms with Gasteiger partial charge >= 0.3 is 12.0 Å². The highest BCUT2D eigenvalue weighted by Crippen LogP contribution is 2.29. The second-order valence-electron chi connectivity index (χ2n) is 10.2. The lowest BCUT2D eigenvalue weighted by atomic mass is 9.88. The molecule has 39 heavy (non-hydrogen) atoms. The molecule has 0 bridgehead atoms. The molecule has 1 saturated heterocycles. The number of aryl methyl sites for hydroxylation is 1. The van der Waals surface area contributed by atoms with E-state index in [0.29, 0.717) is 49.3 Å². The van der Waals surface area contributed by atoms with Crippen LogP contribution in [0.1, 0.15) is 55.8 Å². The van der Waals surface area contributed by atoms with Crippen LogP contribution in [0, 0.1) is 13.8 Å². The Labute approximate surface area is 225 Å². The first-order chi connectivity index (χ1) is 18.7. The van der Waals surface area contributed by atoms with Gasteiger partial charge in [-0.05, 0) is 67.5 Å². The van der Waals surface area contributed by atoms with Crippen LogP contribution in [0.5, 0.6) is 0 Å². The Kier molecular flexibility index (Phi) is 7.23. The van der Waals surface area contributed by atoms with Crippen molar-refractivity contribution in [3.63, 3.8) is 0 Å². The third kappa shape index (κ3) is 5.29. The molecule has 11 heteroatoms. The smallest absolute Gasteiger partial charge is 0.328 e. The summed E-state index contributed by atoms with van der Waals surface area (Å²) in [5, 5.41) is 22.7. The lowest BCUT2D eigenvalue weighted by molar-refractivity contribution is -0.139. The van der Waals surface area contributed by atoms with Crippen LogP contribution in [0.2, 0.25) is 0 Å². The van der Waals surface area contributed by atoms with Gasteiger partial charge in [-0.15, -0.1) is 0 Å². The van der Waals surface area contributed by atoms with Crippen molar-refractivity contribution in [1.29, 1.82) is 0 Å². The zero-order valence-electron chi connectivity index (χ0n) is 22.0. The van der Waals surface area contributed by atoms with Gasteiger partial charge in [0.25, 0.3) is 11.8 Å². The molecule has 204 valence electrons. The molecule has 4 N–H and O–H groups in total. The number of fused-ring (bicyclic) bond motifs is 2. The van der Waals surface area contributed by atoms with Crippen LogP contribution in [-0.2, 0) is 17.8 Å². The molecule has 1 aromatic heterocycles. The monoisotopic (exact) mass is 532 g/mol. The van der Waals surface area contributed by atoms with Crippen LogP contribution in [0.3, 0.4) is 0 Å². The fraction of sp³-hybridized carbons (Fsp3) is 0.393. The summed E-state index contributed by atoms with van der Waals surface area (Å²) in [5.74, 6) is -1.79. The van der Waals surface area contributed by atoms with E-state index in [0.717, 1.165) is 40.4 Å². The van der Waals surface area contributed by atoms with Crippen LogP contribution < -0.4 is 10.6 Å². The minimum absolute atomic E-state index is 0.0745. The van der Waals surface area contributed by atoms with Crippen molar-refractivity contribution in [1.82, 2.24) is 30.6 Å². The number of rotatable bonds is 6. The average Bonchev–Trinajstić information content (AvgIpc) is 3.62. The maximum atomic E-state index is 13.3. The summed E-state index contributed by atoms with van der Waals surface area (Å²) in [7, 11) is 0. The highest BCUT2D eigenvalue weighted by molar-refractivity contribution is 6.00. The number of carbonyl (C=O) groups is 4. The number of amides is 4. The molecule has 3 heterocycles. The molecule has 2 aliphatic rings. The van der Waals surface area contributed by atoms with Gasteiger partial charge in [0, 0.05) is 42.7 Å². The first-order valence-electron chi connectivity index (χ1n) is 13.1. The van der Waals surface area contributed by atoms with Crippen molar-refractivity contribution in [3.8, 4) is 0 Å². The van der Waals surface area contributed by atoms with Gasteiger partial charge in [0.1, 0.15) is 6.04 Å². The normalized spacial score (nSPS) is 15.6. The van der Waals surface area contributed by atoms with E-state index in [-0.39, 0.29) is 18.5 Å². The molecule has 2 aliphatic heterocycles. The van der Waals surface area contributed by atoms with E-state index in [9.17, 15) is 24.3 Å². The Morgan fingerprint density at radius 2 is 1.85 bits per heavy atom. The number of carbonyl (C=O) groups excluding carboxylic acids is 3. The van der Waals surface area contributed by atoms with Gasteiger partial charge in [0.05, 0.1) is 18.3 Å². The summed E-state index contributed by atoms with van der Waals surface area (Å²) >= 11 is 0. The molecule has 0 spiro atoms. The van der Waals surface area contributed by atoms with Crippen LogP contribution in [0.15, 0.2) is 30.5 Å². The Bertz CT molecular complexity index is 1460. The minimum Gasteiger partial charge on any atom is -0.480 e. The molecule has 2 aromatic carbocycles. The molecular formula is C28H32N6O5. The number of aromatic amines is 1. The fourth-order valence-corrected chi connectivity index (χ4v) is 5.56. The molecule has 5 rings (SSSR count). The number of benzene rings is 2. The minimum atomic E-state index is -1.26. The van der Waals surface area contributed by atoms with Crippen molar-refractivity contribution < 1.29 is 24.3 Å². The largest absolute Gasteiger partial charge is 0.480 e. The SMILES string of the molecule is Cc1cc2c(c(C)c1C(=O)N[C@@H](CNC(=O)N1CCCC1)C(=O)O)CCN(C(=O)c1ccc3cn[nH]c3c1)C2. The highest BCUT2D eigenvalue weighted by Gasteiger charge is 2.29. The van der Waals surface area contributed by atoms with Crippen LogP contribution >= 0.6 is 0 Å². The maximum absolute atomic E-state index is 13.3. The lowest BCUT2D eigenvalue weighted by Gasteiger charge is -2.31. The highest BCUT2D eigenvalue weighted by atomic mass is 16.4. The summed E-state index contributed by atoms with van der Waals surface area (Å²) in [5.41, 5.74) is 5.24. The van der Waals surface area contributed by atoms with Gasteiger partial charge in [-0.25, -0.2) is 9.59 Å². The third-order valence-electron chi connectivity index (χ3n) is 7.65. The summed E-state index contributed by atoms with van der Waals surface area (Å²) in [6.45, 7) is 5.66. The second kappa shape index (κ2) is 10.8. The first kappa shape index (κ1) is 26.2. The molecule has 3 aromatic rings. The summed E-state index contributed by atoms with van der Waals surface area (Å²) in [4.78, 5) is 54.1. The summed E-state index contributed by atoms with van der Waals surface area (Å²) in [6, 6.07) is 5.78. The molecule has 4 amide bonds. The standard InChI is InChI=1S/C28H32N6O5/c1-16-11-20-15-34(26(36)18-5-6-19-13-30-32-22(19)12-18)10-7-21(20)17(2)24(16)25(35)31-23(27(37)38)14-29-28(39)33-8-3-4-9-33/h5-6,11-13,23H,3-4,7-10,14-15H2,1-2H3,(H,29,39)(H,30,32)(H,31,35)(H,37,38)/t23-/m0/s1. The van der Waals surface area contributed by atoms with Gasteiger partial charge in [-0.3, -0.25) is 14.7 Å². The van der Waals surface area contributed by atoms with Crippen molar-refractivity contribution in [2.75, 3.05) is 26.2 Å². The number of H-pyrrole nitrogens is 1. The topological polar surface area (TPSA) is 148 Å². The van der Waals surface area contributed by atoms with Crippen LogP contribution in [0.4, 0.5) is 4.79 Å². The first-order valence-corrected chi connectivity index (χ1v) is 13.1. The number of hydrogen-bond acceptors (Lipinski definition) is 5. The average molecular weight is 533 g/mol. The second-order valence-corrected chi connectivity index (χ2v) is 10.2. The number of carboxylic acids is 1. The van der Waals surface area contributed by atoms with E-state index < -0.39 is 17.9 Å². The number of hydrogen-bond donors (Lipinski definition) is 4. The van der Waals surface area contributed by atoms with E-state index >= 15 is 0 Å². The zero-order chi connectivity index (χ0) is 27.7. The van der Waals surface area contributed by atoms with Crippen LogP contribution in [0.25, 0.3) is 10.9 Å². The Hall–Kier alpha value is -4.41. The lowest BCUT2D eigenvalue weighted by Crippen LogP contribution is -2.50. The van der Waals surface area contributed by atoms with E-state index in [4.69, 9.17) is 0 Å². The van der Waals surface area contributed by atoms with Crippen molar-refractivity contribution in [2.45, 2.75) is 45.7 Å². The number of likely N-dealkylation sites (tertiary alicyclic amines) is 1. The Balaban J connectivity index is 1.29. The van der Waals surface area contributed by atoms with Gasteiger partial charge < -0.3 is 25.5 Å². The molecule has 0 saturated carbocycles. The van der Waals surface area contributed by atoms with Crippen molar-refractivity contribution in [2.24, 2.45) is 0 Å². The third-order valence-corrected chi connectivity index (χ3v) is 7.65. The number of nitrogens with zero attached hydrogens (tertiary/aromatic N) is 3. The van der Waals surface area contributed by atoms with Gasteiger partial charge in [0.15, 0.2) is 0 Å². The predicted octanol–water partition coefficient (Wildman–Crippen LogP) is 2.37. The summed E-state index contributed by atoms with van der Waals surface area (Å²) < 4.78 is 0. The molecule has 0 aliphatic carbocycles. The number of carboxylic acid groups (broad SMARTS) is 1. The Morgan fingerprint density at radius 3 is 2.59 bits per heavy atom. The van der Waals surface area contributed by atoms with Crippen molar-refractivity contribution >= 4 is 34.7 Å². The molecule has 1 fully saturated rings. The summed E-state index contributed by atoms with van der Waals surface area (Å²) in [6.07, 6.45) is 4.14. The molecular weight excluding hydrogens is 500 g/mol. The van der Waals surface area contributed by atoms with Crippen molar-refractivity contribution in [3.05, 3.63) is 63.8 Å². The van der Waals surface area contributed by atoms with E-state index in [1.165, 1.54) is 0 Å². The fourth-order valence-electron chi connectivity index (χ4n) is 5.56. The molecule has 1 atom stereocenters. The van der Waals surface area contributed by atoms with Gasteiger partial charge in [-0.1, -0.05) is 12.1 Å². The van der Waals surface area contributed by atoms with Gasteiger partial charge in [0.2, 0.25) is 0 Å². The molecule has 11 nitrogen and oxygen atoms in total. The predicted molar refractivity (Wildman–Crippen MR) is 144 cm³/mol. The zero-order valence-corrected chi connectivity index (χ0v) is 22.0. The number of nitrogens with one attached hydrogen (secondary N) is 3.